The third-order valence-corrected chi connectivity index (χ3v) is 6.16. The molecule has 0 N–H and O–H groups in total. The van der Waals surface area contributed by atoms with E-state index in [0.717, 1.165) is 29.5 Å². The number of imide groups is 1. The molecule has 31 heavy (non-hydrogen) atoms. The van der Waals surface area contributed by atoms with Gasteiger partial charge in [0.2, 0.25) is 5.91 Å². The van der Waals surface area contributed by atoms with Crippen molar-refractivity contribution in [1.29, 1.82) is 0 Å². The highest BCUT2D eigenvalue weighted by atomic mass is 32.2. The third-order valence-electron chi connectivity index (χ3n) is 5.25. The van der Waals surface area contributed by atoms with Crippen LogP contribution in [-0.4, -0.2) is 52.5 Å². The number of carbonyl (C=O) groups is 4. The number of nitrogens with zero attached hydrogens (tertiary/aromatic N) is 2. The van der Waals surface area contributed by atoms with E-state index >= 15 is 0 Å². The average Bonchev–Trinajstić information content (AvgIpc) is 3.47. The van der Waals surface area contributed by atoms with E-state index in [1.807, 2.05) is 0 Å². The molecule has 1 aromatic heterocycles. The number of rotatable bonds is 5. The summed E-state index contributed by atoms with van der Waals surface area (Å²) in [5, 5.41) is 10.5. The zero-order valence-electron chi connectivity index (χ0n) is 16.8. The van der Waals surface area contributed by atoms with Crippen LogP contribution >= 0.6 is 11.8 Å². The van der Waals surface area contributed by atoms with Gasteiger partial charge in [0.15, 0.2) is 0 Å². The SMILES string of the molecule is Cc1cc(C(=O)[O-])ccc1-c1ccc(/C=C2/SC(=O)N(CC(=O)N3CCCC3)C2=O)o1. The first-order chi connectivity index (χ1) is 14.8. The summed E-state index contributed by atoms with van der Waals surface area (Å²) in [6.07, 6.45) is 3.34. The number of likely N-dealkylation sites (tertiary alicyclic amines) is 1. The van der Waals surface area contributed by atoms with Gasteiger partial charge in [0, 0.05) is 24.7 Å². The second kappa shape index (κ2) is 8.43. The molecule has 0 atom stereocenters. The summed E-state index contributed by atoms with van der Waals surface area (Å²) in [6.45, 7) is 2.81. The lowest BCUT2D eigenvalue weighted by atomic mass is 10.0. The van der Waals surface area contributed by atoms with Gasteiger partial charge in [-0.2, -0.15) is 0 Å². The smallest absolute Gasteiger partial charge is 0.294 e. The molecule has 4 rings (SSSR count). The van der Waals surface area contributed by atoms with Crippen LogP contribution in [0, 0.1) is 6.92 Å². The van der Waals surface area contributed by atoms with Crippen LogP contribution < -0.4 is 5.11 Å². The van der Waals surface area contributed by atoms with Crippen molar-refractivity contribution in [3.05, 3.63) is 52.1 Å². The van der Waals surface area contributed by atoms with Crippen molar-refractivity contribution in [3.63, 3.8) is 0 Å². The molecule has 3 amide bonds. The van der Waals surface area contributed by atoms with Crippen LogP contribution in [0.5, 0.6) is 0 Å². The molecule has 0 bridgehead atoms. The number of carboxylic acid groups (broad SMARTS) is 1. The number of carboxylic acids is 1. The zero-order valence-corrected chi connectivity index (χ0v) is 17.6. The number of aryl methyl sites for hydroxylation is 1. The molecule has 160 valence electrons. The fraction of sp³-hybridized carbons (Fsp3) is 0.273. The summed E-state index contributed by atoms with van der Waals surface area (Å²) in [5.74, 6) is -1.13. The van der Waals surface area contributed by atoms with E-state index in [9.17, 15) is 24.3 Å². The Kier molecular flexibility index (Phi) is 5.69. The highest BCUT2D eigenvalue weighted by Gasteiger charge is 2.37. The second-order valence-electron chi connectivity index (χ2n) is 7.37. The highest BCUT2D eigenvalue weighted by Crippen LogP contribution is 2.34. The number of benzene rings is 1. The minimum atomic E-state index is -1.26. The monoisotopic (exact) mass is 439 g/mol. The normalized spacial score (nSPS) is 17.8. The molecule has 2 saturated heterocycles. The van der Waals surface area contributed by atoms with Gasteiger partial charge in [-0.15, -0.1) is 0 Å². The Bertz CT molecular complexity index is 1110. The molecular formula is C22H19N2O6S-. The molecule has 2 fully saturated rings. The molecule has 2 aromatic rings. The van der Waals surface area contributed by atoms with Crippen LogP contribution in [0.15, 0.2) is 39.7 Å². The van der Waals surface area contributed by atoms with Crippen LogP contribution in [0.2, 0.25) is 0 Å². The standard InChI is InChI=1S/C22H20N2O6S/c1-13-10-14(21(27)28)4-6-16(13)17-7-5-15(30-17)11-18-20(26)24(22(29)31-18)12-19(25)23-8-2-3-9-23/h4-7,10-11H,2-3,8-9,12H2,1H3,(H,27,28)/p-1/b18-11+. The van der Waals surface area contributed by atoms with Crippen molar-refractivity contribution in [2.45, 2.75) is 19.8 Å². The molecule has 8 nitrogen and oxygen atoms in total. The number of thioether (sulfide) groups is 1. The van der Waals surface area contributed by atoms with Gasteiger partial charge in [-0.05, 0) is 60.9 Å². The molecule has 0 spiro atoms. The Morgan fingerprint density at radius 1 is 1.16 bits per heavy atom. The van der Waals surface area contributed by atoms with E-state index in [0.29, 0.717) is 35.7 Å². The van der Waals surface area contributed by atoms with Crippen molar-refractivity contribution in [1.82, 2.24) is 9.80 Å². The maximum absolute atomic E-state index is 12.6. The van der Waals surface area contributed by atoms with Crippen LogP contribution in [-0.2, 0) is 9.59 Å². The maximum atomic E-state index is 12.6. The predicted molar refractivity (Wildman–Crippen MR) is 112 cm³/mol. The Morgan fingerprint density at radius 3 is 2.58 bits per heavy atom. The lowest BCUT2D eigenvalue weighted by molar-refractivity contribution is -0.255. The van der Waals surface area contributed by atoms with E-state index in [1.165, 1.54) is 18.2 Å². The van der Waals surface area contributed by atoms with Gasteiger partial charge in [0.25, 0.3) is 11.1 Å². The largest absolute Gasteiger partial charge is 0.545 e. The van der Waals surface area contributed by atoms with Gasteiger partial charge < -0.3 is 19.2 Å². The molecule has 2 aliphatic heterocycles. The third kappa shape index (κ3) is 4.27. The molecule has 9 heteroatoms. The summed E-state index contributed by atoms with van der Waals surface area (Å²) < 4.78 is 5.78. The Labute approximate surface area is 182 Å². The number of aromatic carboxylic acids is 1. The van der Waals surface area contributed by atoms with E-state index in [2.05, 4.69) is 0 Å². The van der Waals surface area contributed by atoms with Crippen molar-refractivity contribution in [3.8, 4) is 11.3 Å². The maximum Gasteiger partial charge on any atom is 0.294 e. The van der Waals surface area contributed by atoms with Crippen molar-refractivity contribution >= 4 is 40.9 Å². The summed E-state index contributed by atoms with van der Waals surface area (Å²) >= 11 is 0.770. The first-order valence-corrected chi connectivity index (χ1v) is 10.6. The first-order valence-electron chi connectivity index (χ1n) is 9.79. The zero-order chi connectivity index (χ0) is 22.1. The van der Waals surface area contributed by atoms with Crippen LogP contribution in [0.25, 0.3) is 17.4 Å². The lowest BCUT2D eigenvalue weighted by Crippen LogP contribution is -2.40. The minimum absolute atomic E-state index is 0.0742. The van der Waals surface area contributed by atoms with E-state index in [4.69, 9.17) is 4.42 Å². The number of hydrogen-bond donors (Lipinski definition) is 0. The fourth-order valence-electron chi connectivity index (χ4n) is 3.61. The topological polar surface area (TPSA) is 111 Å². The second-order valence-corrected chi connectivity index (χ2v) is 8.37. The summed E-state index contributed by atoms with van der Waals surface area (Å²) in [7, 11) is 0. The molecule has 0 aliphatic carbocycles. The van der Waals surface area contributed by atoms with Crippen LogP contribution in [0.4, 0.5) is 4.79 Å². The summed E-state index contributed by atoms with van der Waals surface area (Å²) in [5.41, 5.74) is 1.47. The molecular weight excluding hydrogens is 420 g/mol. The van der Waals surface area contributed by atoms with Gasteiger partial charge in [-0.25, -0.2) is 0 Å². The minimum Gasteiger partial charge on any atom is -0.545 e. The fourth-order valence-corrected chi connectivity index (χ4v) is 4.43. The summed E-state index contributed by atoms with van der Waals surface area (Å²) in [4.78, 5) is 51.0. The van der Waals surface area contributed by atoms with Gasteiger partial charge >= 0.3 is 0 Å². The Morgan fingerprint density at radius 2 is 1.90 bits per heavy atom. The van der Waals surface area contributed by atoms with Crippen molar-refractivity contribution in [2.24, 2.45) is 0 Å². The molecule has 0 unspecified atom stereocenters. The van der Waals surface area contributed by atoms with E-state index < -0.39 is 17.1 Å². The quantitative estimate of drug-likeness (QED) is 0.657. The van der Waals surface area contributed by atoms with Crippen LogP contribution in [0.3, 0.4) is 0 Å². The summed E-state index contributed by atoms with van der Waals surface area (Å²) in [6, 6.07) is 7.91. The number of furan rings is 1. The Hall–Kier alpha value is -3.33. The predicted octanol–water partition coefficient (Wildman–Crippen LogP) is 2.28. The Balaban J connectivity index is 1.50. The molecule has 2 aliphatic rings. The number of hydrogen-bond acceptors (Lipinski definition) is 7. The van der Waals surface area contributed by atoms with Gasteiger partial charge in [0.05, 0.1) is 10.9 Å². The molecule has 1 aromatic carbocycles. The van der Waals surface area contributed by atoms with Crippen molar-refractivity contribution in [2.75, 3.05) is 19.6 Å². The number of carbonyl (C=O) groups excluding carboxylic acids is 4. The lowest BCUT2D eigenvalue weighted by Gasteiger charge is -2.18. The van der Waals surface area contributed by atoms with Gasteiger partial charge in [0.1, 0.15) is 18.1 Å². The van der Waals surface area contributed by atoms with Gasteiger partial charge in [-0.3, -0.25) is 19.3 Å². The number of amides is 3. The van der Waals surface area contributed by atoms with Crippen LogP contribution in [0.1, 0.15) is 34.5 Å². The highest BCUT2D eigenvalue weighted by molar-refractivity contribution is 8.18. The molecule has 3 heterocycles. The van der Waals surface area contributed by atoms with Gasteiger partial charge in [-0.1, -0.05) is 12.1 Å². The first kappa shape index (κ1) is 20.9. The molecule has 0 saturated carbocycles. The van der Waals surface area contributed by atoms with E-state index in [-0.39, 0.29) is 22.9 Å². The molecule has 0 radical (unpaired) electrons. The van der Waals surface area contributed by atoms with E-state index in [1.54, 1.807) is 30.0 Å². The average molecular weight is 439 g/mol. The van der Waals surface area contributed by atoms with Crippen molar-refractivity contribution < 1.29 is 28.7 Å².